The van der Waals surface area contributed by atoms with E-state index >= 15 is 0 Å². The number of nitrogens with zero attached hydrogens (tertiary/aromatic N) is 3. The predicted octanol–water partition coefficient (Wildman–Crippen LogP) is 3.86. The summed E-state index contributed by atoms with van der Waals surface area (Å²) in [5, 5.41) is 0.504. The summed E-state index contributed by atoms with van der Waals surface area (Å²) in [6.45, 7) is 8.21. The lowest BCUT2D eigenvalue weighted by atomic mass is 10.1. The van der Waals surface area contributed by atoms with Gasteiger partial charge in [-0.3, -0.25) is 9.69 Å². The van der Waals surface area contributed by atoms with Gasteiger partial charge in [-0.15, -0.1) is 0 Å². The summed E-state index contributed by atoms with van der Waals surface area (Å²) in [6.07, 6.45) is 1.93. The van der Waals surface area contributed by atoms with Gasteiger partial charge in [0, 0.05) is 25.5 Å². The molecule has 0 spiro atoms. The average Bonchev–Trinajstić information content (AvgIpc) is 2.93. The van der Waals surface area contributed by atoms with Gasteiger partial charge in [-0.2, -0.15) is 0 Å². The van der Waals surface area contributed by atoms with Crippen LogP contribution in [0.25, 0.3) is 6.08 Å². The molecule has 1 aliphatic heterocycles. The first-order chi connectivity index (χ1) is 11.7. The SMILES string of the molecule is Cc1ccc(N2C(=O)/C(=C/c3cc(C)n(C)c3C)N(C)C2=S)cc1C. The van der Waals surface area contributed by atoms with Crippen LogP contribution in [0.4, 0.5) is 5.69 Å². The zero-order valence-electron chi connectivity index (χ0n) is 15.5. The van der Waals surface area contributed by atoms with Crippen LogP contribution in [0.3, 0.4) is 0 Å². The van der Waals surface area contributed by atoms with Crippen LogP contribution in [0, 0.1) is 27.7 Å². The minimum Gasteiger partial charge on any atom is -0.352 e. The van der Waals surface area contributed by atoms with E-state index in [-0.39, 0.29) is 5.91 Å². The van der Waals surface area contributed by atoms with Crippen LogP contribution >= 0.6 is 12.2 Å². The topological polar surface area (TPSA) is 28.5 Å². The molecule has 1 aromatic heterocycles. The first-order valence-electron chi connectivity index (χ1n) is 8.26. The number of rotatable bonds is 2. The van der Waals surface area contributed by atoms with E-state index < -0.39 is 0 Å². The zero-order chi connectivity index (χ0) is 18.5. The highest BCUT2D eigenvalue weighted by atomic mass is 32.1. The van der Waals surface area contributed by atoms with Crippen molar-refractivity contribution in [3.05, 3.63) is 58.0 Å². The van der Waals surface area contributed by atoms with Crippen LogP contribution in [0.15, 0.2) is 30.0 Å². The molecule has 4 nitrogen and oxygen atoms in total. The van der Waals surface area contributed by atoms with Gasteiger partial charge in [-0.25, -0.2) is 0 Å². The zero-order valence-corrected chi connectivity index (χ0v) is 16.4. The molecule has 2 aromatic rings. The van der Waals surface area contributed by atoms with Crippen LogP contribution < -0.4 is 4.90 Å². The Bertz CT molecular complexity index is 923. The second-order valence-electron chi connectivity index (χ2n) is 6.67. The second-order valence-corrected chi connectivity index (χ2v) is 7.03. The third-order valence-electron chi connectivity index (χ3n) is 5.12. The monoisotopic (exact) mass is 353 g/mol. The lowest BCUT2D eigenvalue weighted by Crippen LogP contribution is -2.31. The highest BCUT2D eigenvalue weighted by Crippen LogP contribution is 2.30. The molecule has 1 saturated heterocycles. The van der Waals surface area contributed by atoms with E-state index in [0.717, 1.165) is 28.2 Å². The molecule has 1 aliphatic rings. The van der Waals surface area contributed by atoms with Crippen molar-refractivity contribution in [2.75, 3.05) is 11.9 Å². The number of carbonyl (C=O) groups excluding carboxylic acids is 1. The molecule has 5 heteroatoms. The van der Waals surface area contributed by atoms with E-state index in [0.29, 0.717) is 10.8 Å². The molecule has 0 bridgehead atoms. The number of anilines is 1. The summed E-state index contributed by atoms with van der Waals surface area (Å²) in [4.78, 5) is 16.4. The summed E-state index contributed by atoms with van der Waals surface area (Å²) >= 11 is 5.54. The van der Waals surface area contributed by atoms with Gasteiger partial charge in [0.25, 0.3) is 5.91 Å². The Labute approximate surface area is 154 Å². The van der Waals surface area contributed by atoms with Gasteiger partial charge < -0.3 is 9.47 Å². The third-order valence-corrected chi connectivity index (χ3v) is 5.57. The lowest BCUT2D eigenvalue weighted by Gasteiger charge is -2.17. The molecule has 130 valence electrons. The summed E-state index contributed by atoms with van der Waals surface area (Å²) in [7, 11) is 3.87. The van der Waals surface area contributed by atoms with Crippen molar-refractivity contribution >= 4 is 35.0 Å². The van der Waals surface area contributed by atoms with Crippen molar-refractivity contribution in [3.63, 3.8) is 0 Å². The van der Waals surface area contributed by atoms with Crippen molar-refractivity contribution in [3.8, 4) is 0 Å². The highest BCUT2D eigenvalue weighted by Gasteiger charge is 2.37. The molecule has 1 fully saturated rings. The number of likely N-dealkylation sites (N-methyl/N-ethyl adjacent to an activating group) is 1. The molecule has 0 aliphatic carbocycles. The van der Waals surface area contributed by atoms with Crippen molar-refractivity contribution < 1.29 is 4.79 Å². The first-order valence-corrected chi connectivity index (χ1v) is 8.67. The van der Waals surface area contributed by atoms with Crippen molar-refractivity contribution in [1.29, 1.82) is 0 Å². The Morgan fingerprint density at radius 3 is 2.24 bits per heavy atom. The largest absolute Gasteiger partial charge is 0.352 e. The fraction of sp³-hybridized carbons (Fsp3) is 0.300. The van der Waals surface area contributed by atoms with Crippen LogP contribution in [0.5, 0.6) is 0 Å². The highest BCUT2D eigenvalue weighted by molar-refractivity contribution is 7.80. The smallest absolute Gasteiger partial charge is 0.281 e. The van der Waals surface area contributed by atoms with Crippen LogP contribution in [-0.2, 0) is 11.8 Å². The molecular weight excluding hydrogens is 330 g/mol. The quantitative estimate of drug-likeness (QED) is 0.606. The second kappa shape index (κ2) is 6.15. The van der Waals surface area contributed by atoms with Crippen molar-refractivity contribution in [1.82, 2.24) is 9.47 Å². The summed E-state index contributed by atoms with van der Waals surface area (Å²) in [5.41, 5.74) is 7.07. The standard InChI is InChI=1S/C20H23N3OS/c1-12-7-8-17(9-13(12)2)23-19(24)18(22(6)20(23)25)11-16-10-14(3)21(5)15(16)4/h7-11H,1-6H3/b18-11-. The molecule has 3 rings (SSSR count). The average molecular weight is 353 g/mol. The Hall–Kier alpha value is -2.40. The number of amides is 1. The van der Waals surface area contributed by atoms with Gasteiger partial charge in [-0.05, 0) is 80.9 Å². The van der Waals surface area contributed by atoms with Crippen molar-refractivity contribution in [2.24, 2.45) is 7.05 Å². The van der Waals surface area contributed by atoms with E-state index in [1.165, 1.54) is 5.56 Å². The predicted molar refractivity (Wildman–Crippen MR) is 107 cm³/mol. The van der Waals surface area contributed by atoms with E-state index in [2.05, 4.69) is 31.4 Å². The van der Waals surface area contributed by atoms with Crippen LogP contribution in [-0.4, -0.2) is 27.5 Å². The maximum atomic E-state index is 13.1. The first kappa shape index (κ1) is 17.4. The number of benzene rings is 1. The van der Waals surface area contributed by atoms with Crippen molar-refractivity contribution in [2.45, 2.75) is 27.7 Å². The molecule has 1 amide bonds. The van der Waals surface area contributed by atoms with E-state index in [1.54, 1.807) is 9.80 Å². The Balaban J connectivity index is 2.04. The Kier molecular flexibility index (Phi) is 4.29. The summed E-state index contributed by atoms with van der Waals surface area (Å²) in [5.74, 6) is -0.0864. The van der Waals surface area contributed by atoms with Gasteiger partial charge in [0.15, 0.2) is 5.11 Å². The van der Waals surface area contributed by atoms with Gasteiger partial charge in [0.2, 0.25) is 0 Å². The number of hydrogen-bond acceptors (Lipinski definition) is 2. The van der Waals surface area contributed by atoms with Gasteiger partial charge in [0.05, 0.1) is 5.69 Å². The number of hydrogen-bond donors (Lipinski definition) is 0. The van der Waals surface area contributed by atoms with E-state index in [9.17, 15) is 4.79 Å². The molecule has 0 radical (unpaired) electrons. The fourth-order valence-electron chi connectivity index (χ4n) is 3.03. The van der Waals surface area contributed by atoms with E-state index in [4.69, 9.17) is 12.2 Å². The molecule has 25 heavy (non-hydrogen) atoms. The number of carbonyl (C=O) groups is 1. The molecular formula is C20H23N3OS. The number of thiocarbonyl (C=S) groups is 1. The molecule has 0 N–H and O–H groups in total. The number of aryl methyl sites for hydroxylation is 3. The van der Waals surface area contributed by atoms with Crippen LogP contribution in [0.1, 0.15) is 28.1 Å². The number of aromatic nitrogens is 1. The van der Waals surface area contributed by atoms with Gasteiger partial charge >= 0.3 is 0 Å². The summed E-state index contributed by atoms with van der Waals surface area (Å²) < 4.78 is 2.12. The third kappa shape index (κ3) is 2.78. The van der Waals surface area contributed by atoms with Gasteiger partial charge in [-0.1, -0.05) is 6.07 Å². The molecule has 0 unspecified atom stereocenters. The van der Waals surface area contributed by atoms with Gasteiger partial charge in [0.1, 0.15) is 5.70 Å². The minimum absolute atomic E-state index is 0.0864. The minimum atomic E-state index is -0.0864. The molecule has 0 saturated carbocycles. The summed E-state index contributed by atoms with van der Waals surface area (Å²) in [6, 6.07) is 8.06. The Morgan fingerprint density at radius 2 is 1.68 bits per heavy atom. The maximum Gasteiger partial charge on any atom is 0.281 e. The molecule has 0 atom stereocenters. The fourth-order valence-corrected chi connectivity index (χ4v) is 3.31. The maximum absolute atomic E-state index is 13.1. The van der Waals surface area contributed by atoms with E-state index in [1.807, 2.05) is 45.3 Å². The normalized spacial score (nSPS) is 16.5. The lowest BCUT2D eigenvalue weighted by molar-refractivity contribution is -0.114. The molecule has 2 heterocycles. The Morgan fingerprint density at radius 1 is 1.00 bits per heavy atom. The van der Waals surface area contributed by atoms with Crippen LogP contribution in [0.2, 0.25) is 0 Å². The molecule has 1 aromatic carbocycles.